The summed E-state index contributed by atoms with van der Waals surface area (Å²) in [6, 6.07) is 3.18. The molecule has 1 N–H and O–H groups in total. The van der Waals surface area contributed by atoms with E-state index in [1.54, 1.807) is 17.0 Å². The van der Waals surface area contributed by atoms with E-state index < -0.39 is 10.0 Å². The lowest BCUT2D eigenvalue weighted by atomic mass is 10.0. The molecule has 1 aromatic rings. The number of hydrogen-bond donors (Lipinski definition) is 1. The van der Waals surface area contributed by atoms with Crippen molar-refractivity contribution in [3.63, 3.8) is 0 Å². The molecule has 122 valence electrons. The van der Waals surface area contributed by atoms with Crippen molar-refractivity contribution in [1.29, 1.82) is 0 Å². The smallest absolute Gasteiger partial charge is 0.255 e. The van der Waals surface area contributed by atoms with Crippen molar-refractivity contribution in [2.24, 2.45) is 0 Å². The Morgan fingerprint density at radius 1 is 1.45 bits per heavy atom. The predicted octanol–water partition coefficient (Wildman–Crippen LogP) is 0.634. The van der Waals surface area contributed by atoms with E-state index in [0.717, 1.165) is 25.5 Å². The van der Waals surface area contributed by atoms with E-state index in [-0.39, 0.29) is 18.5 Å². The molecule has 2 rings (SSSR count). The fourth-order valence-electron chi connectivity index (χ4n) is 2.52. The summed E-state index contributed by atoms with van der Waals surface area (Å²) in [5.74, 6) is 0.320. The van der Waals surface area contributed by atoms with Gasteiger partial charge in [-0.05, 0) is 25.3 Å². The van der Waals surface area contributed by atoms with Crippen LogP contribution in [-0.2, 0) is 10.0 Å². The van der Waals surface area contributed by atoms with Crippen LogP contribution in [-0.4, -0.2) is 56.7 Å². The van der Waals surface area contributed by atoms with Gasteiger partial charge in [-0.3, -0.25) is 4.79 Å². The van der Waals surface area contributed by atoms with Crippen LogP contribution in [0, 0.1) is 0 Å². The molecule has 2 heterocycles. The van der Waals surface area contributed by atoms with Gasteiger partial charge in [0.2, 0.25) is 15.9 Å². The van der Waals surface area contributed by atoms with Crippen LogP contribution < -0.4 is 9.46 Å². The molecule has 1 fully saturated rings. The Kier molecular flexibility index (Phi) is 5.36. The van der Waals surface area contributed by atoms with Gasteiger partial charge in [-0.25, -0.2) is 18.1 Å². The molecule has 0 radical (unpaired) electrons. The van der Waals surface area contributed by atoms with Crippen molar-refractivity contribution >= 4 is 15.9 Å². The molecule has 22 heavy (non-hydrogen) atoms. The number of carbonyl (C=O) groups excluding carboxylic acids is 1. The van der Waals surface area contributed by atoms with Crippen LogP contribution in [0.3, 0.4) is 0 Å². The van der Waals surface area contributed by atoms with Gasteiger partial charge < -0.3 is 9.64 Å². The number of aromatic nitrogens is 1. The molecule has 0 saturated carbocycles. The topological polar surface area (TPSA) is 88.6 Å². The SMILES string of the molecule is COc1ccc(C(=O)N2CCCC[C@H]2CNS(C)(=O)=O)cn1. The first kappa shape index (κ1) is 16.7. The first-order valence-corrected chi connectivity index (χ1v) is 9.05. The third-order valence-corrected chi connectivity index (χ3v) is 4.35. The summed E-state index contributed by atoms with van der Waals surface area (Å²) >= 11 is 0. The highest BCUT2D eigenvalue weighted by molar-refractivity contribution is 7.88. The van der Waals surface area contributed by atoms with E-state index in [2.05, 4.69) is 9.71 Å². The number of pyridine rings is 1. The Balaban J connectivity index is 2.10. The molecule has 0 aromatic carbocycles. The van der Waals surface area contributed by atoms with Crippen molar-refractivity contribution in [2.45, 2.75) is 25.3 Å². The van der Waals surface area contributed by atoms with Crippen molar-refractivity contribution < 1.29 is 17.9 Å². The van der Waals surface area contributed by atoms with Gasteiger partial charge in [0, 0.05) is 31.4 Å². The Labute approximate surface area is 130 Å². The largest absolute Gasteiger partial charge is 0.481 e. The summed E-state index contributed by atoms with van der Waals surface area (Å²) in [7, 11) is -1.75. The normalized spacial score (nSPS) is 19.0. The zero-order valence-electron chi connectivity index (χ0n) is 12.8. The van der Waals surface area contributed by atoms with Gasteiger partial charge in [0.15, 0.2) is 0 Å². The number of methoxy groups -OCH3 is 1. The number of ether oxygens (including phenoxy) is 1. The molecule has 1 aromatic heterocycles. The average molecular weight is 327 g/mol. The highest BCUT2D eigenvalue weighted by Gasteiger charge is 2.28. The number of nitrogens with one attached hydrogen (secondary N) is 1. The maximum atomic E-state index is 12.6. The van der Waals surface area contributed by atoms with E-state index in [4.69, 9.17) is 4.74 Å². The fraction of sp³-hybridized carbons (Fsp3) is 0.571. The Morgan fingerprint density at radius 3 is 2.82 bits per heavy atom. The van der Waals surface area contributed by atoms with Crippen molar-refractivity contribution in [2.75, 3.05) is 26.5 Å². The molecule has 1 atom stereocenters. The number of likely N-dealkylation sites (tertiary alicyclic amines) is 1. The second-order valence-corrected chi connectivity index (χ2v) is 7.19. The predicted molar refractivity (Wildman–Crippen MR) is 82.3 cm³/mol. The summed E-state index contributed by atoms with van der Waals surface area (Å²) in [5, 5.41) is 0. The van der Waals surface area contributed by atoms with Gasteiger partial charge in [0.05, 0.1) is 18.9 Å². The quantitative estimate of drug-likeness (QED) is 0.857. The van der Waals surface area contributed by atoms with E-state index in [0.29, 0.717) is 18.0 Å². The fourth-order valence-corrected chi connectivity index (χ4v) is 3.02. The molecule has 7 nitrogen and oxygen atoms in total. The molecular formula is C14H21N3O4S. The van der Waals surface area contributed by atoms with Gasteiger partial charge in [-0.1, -0.05) is 0 Å². The van der Waals surface area contributed by atoms with Gasteiger partial charge in [0.1, 0.15) is 0 Å². The minimum atomic E-state index is -3.26. The molecule has 0 aliphatic carbocycles. The molecule has 1 aliphatic heterocycles. The highest BCUT2D eigenvalue weighted by atomic mass is 32.2. The summed E-state index contributed by atoms with van der Waals surface area (Å²) < 4.78 is 30.0. The highest BCUT2D eigenvalue weighted by Crippen LogP contribution is 2.20. The third kappa shape index (κ3) is 4.41. The number of sulfonamides is 1. The number of rotatable bonds is 5. The minimum absolute atomic E-state index is 0.127. The molecule has 0 bridgehead atoms. The monoisotopic (exact) mass is 327 g/mol. The summed E-state index contributed by atoms with van der Waals surface area (Å²) in [5.41, 5.74) is 0.479. The molecule has 1 saturated heterocycles. The van der Waals surface area contributed by atoms with Crippen molar-refractivity contribution in [1.82, 2.24) is 14.6 Å². The average Bonchev–Trinajstić information content (AvgIpc) is 2.52. The summed E-state index contributed by atoms with van der Waals surface area (Å²) in [6.45, 7) is 0.870. The number of piperidine rings is 1. The van der Waals surface area contributed by atoms with Crippen molar-refractivity contribution in [3.05, 3.63) is 23.9 Å². The maximum absolute atomic E-state index is 12.6. The van der Waals surface area contributed by atoms with Gasteiger partial charge in [-0.2, -0.15) is 0 Å². The lowest BCUT2D eigenvalue weighted by Crippen LogP contribution is -2.49. The standard InChI is InChI=1S/C14H21N3O4S/c1-21-13-7-6-11(9-15-13)14(18)17-8-4-3-5-12(17)10-16-22(2,19)20/h6-7,9,12,16H,3-5,8,10H2,1-2H3/t12-/m0/s1. The minimum Gasteiger partial charge on any atom is -0.481 e. The molecule has 1 amide bonds. The zero-order valence-corrected chi connectivity index (χ0v) is 13.6. The van der Waals surface area contributed by atoms with Gasteiger partial charge in [-0.15, -0.1) is 0 Å². The van der Waals surface area contributed by atoms with E-state index in [9.17, 15) is 13.2 Å². The van der Waals surface area contributed by atoms with Crippen LogP contribution in [0.1, 0.15) is 29.6 Å². The van der Waals surface area contributed by atoms with Gasteiger partial charge in [0.25, 0.3) is 5.91 Å². The number of carbonyl (C=O) groups is 1. The number of hydrogen-bond acceptors (Lipinski definition) is 5. The number of amides is 1. The molecule has 0 unspecified atom stereocenters. The van der Waals surface area contributed by atoms with E-state index in [1.165, 1.54) is 13.3 Å². The van der Waals surface area contributed by atoms with Crippen LogP contribution >= 0.6 is 0 Å². The van der Waals surface area contributed by atoms with E-state index in [1.807, 2.05) is 0 Å². The third-order valence-electron chi connectivity index (χ3n) is 3.66. The van der Waals surface area contributed by atoms with Crippen LogP contribution in [0.4, 0.5) is 0 Å². The summed E-state index contributed by atoms with van der Waals surface area (Å²) in [4.78, 5) is 18.4. The first-order chi connectivity index (χ1) is 10.4. The zero-order chi connectivity index (χ0) is 16.2. The van der Waals surface area contributed by atoms with Crippen LogP contribution in [0.5, 0.6) is 5.88 Å². The van der Waals surface area contributed by atoms with Crippen LogP contribution in [0.15, 0.2) is 18.3 Å². The van der Waals surface area contributed by atoms with Crippen LogP contribution in [0.25, 0.3) is 0 Å². The summed E-state index contributed by atoms with van der Waals surface area (Å²) in [6.07, 6.45) is 5.30. The first-order valence-electron chi connectivity index (χ1n) is 7.16. The molecule has 0 spiro atoms. The van der Waals surface area contributed by atoms with Crippen molar-refractivity contribution in [3.8, 4) is 5.88 Å². The second kappa shape index (κ2) is 7.06. The second-order valence-electron chi connectivity index (χ2n) is 5.36. The van der Waals surface area contributed by atoms with Crippen LogP contribution in [0.2, 0.25) is 0 Å². The maximum Gasteiger partial charge on any atom is 0.255 e. The Hall–Kier alpha value is -1.67. The Bertz CT molecular complexity index is 615. The lowest BCUT2D eigenvalue weighted by Gasteiger charge is -2.35. The Morgan fingerprint density at radius 2 is 2.23 bits per heavy atom. The molecular weight excluding hydrogens is 306 g/mol. The van der Waals surface area contributed by atoms with E-state index >= 15 is 0 Å². The molecule has 8 heteroatoms. The van der Waals surface area contributed by atoms with Gasteiger partial charge >= 0.3 is 0 Å². The molecule has 1 aliphatic rings. The lowest BCUT2D eigenvalue weighted by molar-refractivity contribution is 0.0618. The number of nitrogens with zero attached hydrogens (tertiary/aromatic N) is 2.